The zero-order chi connectivity index (χ0) is 30.2. The van der Waals surface area contributed by atoms with Gasteiger partial charge in [-0.3, -0.25) is 14.5 Å². The maximum atomic E-state index is 13.5. The number of rotatable bonds is 13. The Bertz CT molecular complexity index is 1440. The van der Waals surface area contributed by atoms with Crippen molar-refractivity contribution >= 4 is 39.9 Å². The Morgan fingerprint density at radius 3 is 2.05 bits per heavy atom. The third kappa shape index (κ3) is 6.65. The van der Waals surface area contributed by atoms with Gasteiger partial charge in [0.15, 0.2) is 5.13 Å². The number of ether oxygens (including phenoxy) is 3. The van der Waals surface area contributed by atoms with Crippen molar-refractivity contribution in [1.29, 1.82) is 0 Å². The molecule has 0 spiro atoms. The molecule has 0 bridgehead atoms. The minimum atomic E-state index is -0.990. The molecule has 4 rings (SSSR count). The summed E-state index contributed by atoms with van der Waals surface area (Å²) in [7, 11) is 0. The Morgan fingerprint density at radius 1 is 0.929 bits per heavy atom. The van der Waals surface area contributed by atoms with E-state index in [9.17, 15) is 19.5 Å². The summed E-state index contributed by atoms with van der Waals surface area (Å²) in [5, 5.41) is 11.6. The van der Waals surface area contributed by atoms with Crippen molar-refractivity contribution in [1.82, 2.24) is 4.98 Å². The van der Waals surface area contributed by atoms with Gasteiger partial charge in [0.2, 0.25) is 0 Å². The van der Waals surface area contributed by atoms with Crippen molar-refractivity contribution in [3.05, 3.63) is 75.8 Å². The Balaban J connectivity index is 1.78. The number of benzene rings is 2. The highest BCUT2D eigenvalue weighted by Crippen LogP contribution is 2.44. The third-order valence-electron chi connectivity index (χ3n) is 6.75. The first-order valence-corrected chi connectivity index (χ1v) is 15.0. The largest absolute Gasteiger partial charge is 0.507 e. The molecule has 222 valence electrons. The number of aliphatic hydroxyl groups is 1. The van der Waals surface area contributed by atoms with Gasteiger partial charge in [0, 0.05) is 5.56 Å². The van der Waals surface area contributed by atoms with Crippen molar-refractivity contribution in [2.24, 2.45) is 0 Å². The molecular formula is C32H36N2O7S. The van der Waals surface area contributed by atoms with Crippen LogP contribution in [-0.2, 0) is 14.3 Å². The highest BCUT2D eigenvalue weighted by atomic mass is 32.1. The number of aromatic nitrogens is 1. The number of hydrogen-bond acceptors (Lipinski definition) is 9. The van der Waals surface area contributed by atoms with Gasteiger partial charge in [0.05, 0.1) is 37.1 Å². The van der Waals surface area contributed by atoms with Gasteiger partial charge in [-0.15, -0.1) is 0 Å². The van der Waals surface area contributed by atoms with Crippen LogP contribution in [0.3, 0.4) is 0 Å². The smallest absolute Gasteiger partial charge is 0.350 e. The van der Waals surface area contributed by atoms with Crippen LogP contribution < -0.4 is 14.4 Å². The fourth-order valence-electron chi connectivity index (χ4n) is 4.50. The molecule has 42 heavy (non-hydrogen) atoms. The molecule has 1 N–H and O–H groups in total. The van der Waals surface area contributed by atoms with Crippen molar-refractivity contribution in [3.63, 3.8) is 0 Å². The zero-order valence-electron chi connectivity index (χ0n) is 24.3. The number of thiazole rings is 1. The average molecular weight is 593 g/mol. The lowest BCUT2D eigenvalue weighted by Gasteiger charge is -2.23. The van der Waals surface area contributed by atoms with Crippen LogP contribution in [0.1, 0.15) is 79.0 Å². The molecule has 3 aromatic rings. The third-order valence-corrected chi connectivity index (χ3v) is 7.89. The number of aryl methyl sites for hydroxylation is 1. The second-order valence-corrected chi connectivity index (χ2v) is 10.8. The summed E-state index contributed by atoms with van der Waals surface area (Å²) < 4.78 is 16.7. The Kier molecular flexibility index (Phi) is 10.4. The summed E-state index contributed by atoms with van der Waals surface area (Å²) >= 11 is 0.968. The molecule has 10 heteroatoms. The first-order valence-electron chi connectivity index (χ1n) is 14.2. The standard InChI is InChI=1S/C32H36N2O7S/c1-5-8-18-40-23-14-10-21(11-15-23)26-25(27(35)22-12-16-24(17-13-22)41-19-9-6-2)28(36)30(37)34(26)32-33-20(4)29(42-32)31(38)39-7-3/h10-17,26,35H,5-9,18-19H2,1-4H3/b27-25+. The van der Waals surface area contributed by atoms with Crippen LogP contribution >= 0.6 is 11.3 Å². The van der Waals surface area contributed by atoms with Gasteiger partial charge < -0.3 is 19.3 Å². The summed E-state index contributed by atoms with van der Waals surface area (Å²) in [6, 6.07) is 12.8. The predicted octanol–water partition coefficient (Wildman–Crippen LogP) is 6.61. The number of carbonyl (C=O) groups excluding carboxylic acids is 3. The number of esters is 1. The molecule has 1 aliphatic heterocycles. The molecule has 2 heterocycles. The van der Waals surface area contributed by atoms with Crippen LogP contribution in [0.5, 0.6) is 11.5 Å². The molecule has 1 fully saturated rings. The van der Waals surface area contributed by atoms with E-state index in [4.69, 9.17) is 14.2 Å². The summed E-state index contributed by atoms with van der Waals surface area (Å²) in [6.07, 6.45) is 3.84. The molecular weight excluding hydrogens is 556 g/mol. The van der Waals surface area contributed by atoms with Gasteiger partial charge >= 0.3 is 11.9 Å². The van der Waals surface area contributed by atoms with Gasteiger partial charge in [0.25, 0.3) is 5.78 Å². The lowest BCUT2D eigenvalue weighted by molar-refractivity contribution is -0.132. The molecule has 1 unspecified atom stereocenters. The van der Waals surface area contributed by atoms with Crippen LogP contribution in [-0.4, -0.2) is 47.6 Å². The zero-order valence-corrected chi connectivity index (χ0v) is 25.2. The van der Waals surface area contributed by atoms with Crippen LogP contribution in [0, 0.1) is 6.92 Å². The van der Waals surface area contributed by atoms with E-state index >= 15 is 0 Å². The molecule has 1 amide bonds. The van der Waals surface area contributed by atoms with Crippen molar-refractivity contribution in [2.45, 2.75) is 59.4 Å². The molecule has 0 radical (unpaired) electrons. The normalized spacial score (nSPS) is 16.1. The van der Waals surface area contributed by atoms with E-state index in [0.29, 0.717) is 41.5 Å². The Labute approximate surface area is 249 Å². The van der Waals surface area contributed by atoms with Gasteiger partial charge in [-0.1, -0.05) is 50.2 Å². The van der Waals surface area contributed by atoms with E-state index in [2.05, 4.69) is 18.8 Å². The Morgan fingerprint density at radius 2 is 1.50 bits per heavy atom. The first-order chi connectivity index (χ1) is 20.3. The SMILES string of the molecule is CCCCOc1ccc(/C(O)=C2\C(=O)C(=O)N(c3nc(C)c(C(=O)OCC)s3)C2c2ccc(OCCCC)cc2)cc1. The second kappa shape index (κ2) is 14.1. The molecule has 2 aromatic carbocycles. The maximum Gasteiger partial charge on any atom is 0.350 e. The summed E-state index contributed by atoms with van der Waals surface area (Å²) in [6.45, 7) is 8.83. The van der Waals surface area contributed by atoms with Gasteiger partial charge in [-0.05, 0) is 68.7 Å². The van der Waals surface area contributed by atoms with E-state index in [-0.39, 0.29) is 27.9 Å². The van der Waals surface area contributed by atoms with Gasteiger partial charge in [-0.25, -0.2) is 9.78 Å². The molecule has 9 nitrogen and oxygen atoms in total. The average Bonchev–Trinajstić information content (AvgIpc) is 3.50. The number of Topliss-reactive ketones (excluding diaryl/α,β-unsaturated/α-hetero) is 1. The topological polar surface area (TPSA) is 115 Å². The van der Waals surface area contributed by atoms with E-state index in [1.54, 1.807) is 62.4 Å². The van der Waals surface area contributed by atoms with Crippen molar-refractivity contribution < 1.29 is 33.7 Å². The van der Waals surface area contributed by atoms with E-state index < -0.39 is 23.7 Å². The lowest BCUT2D eigenvalue weighted by Crippen LogP contribution is -2.29. The summed E-state index contributed by atoms with van der Waals surface area (Å²) in [5.74, 6) is -1.29. The minimum Gasteiger partial charge on any atom is -0.507 e. The highest BCUT2D eigenvalue weighted by molar-refractivity contribution is 7.17. The van der Waals surface area contributed by atoms with Crippen LogP contribution in [0.2, 0.25) is 0 Å². The van der Waals surface area contributed by atoms with Crippen molar-refractivity contribution in [3.8, 4) is 11.5 Å². The lowest BCUT2D eigenvalue weighted by atomic mass is 9.95. The van der Waals surface area contributed by atoms with E-state index in [1.165, 1.54) is 4.90 Å². The quantitative estimate of drug-likeness (QED) is 0.0775. The second-order valence-electron chi connectivity index (χ2n) is 9.80. The number of anilines is 1. The fraction of sp³-hybridized carbons (Fsp3) is 0.375. The van der Waals surface area contributed by atoms with Crippen LogP contribution in [0.4, 0.5) is 5.13 Å². The number of unbranched alkanes of at least 4 members (excludes halogenated alkanes) is 2. The number of amides is 1. The maximum absolute atomic E-state index is 13.5. The summed E-state index contributed by atoms with van der Waals surface area (Å²) in [5.41, 5.74) is 1.24. The molecule has 1 saturated heterocycles. The number of aliphatic hydroxyl groups excluding tert-OH is 1. The van der Waals surface area contributed by atoms with Gasteiger partial charge in [0.1, 0.15) is 22.1 Å². The fourth-order valence-corrected chi connectivity index (χ4v) is 5.48. The summed E-state index contributed by atoms with van der Waals surface area (Å²) in [4.78, 5) is 45.5. The molecule has 0 aliphatic carbocycles. The van der Waals surface area contributed by atoms with Crippen molar-refractivity contribution in [2.75, 3.05) is 24.7 Å². The first kappa shape index (κ1) is 30.8. The monoisotopic (exact) mass is 592 g/mol. The number of hydrogen-bond donors (Lipinski definition) is 1. The molecule has 1 atom stereocenters. The Hall–Kier alpha value is -4.18. The number of ketones is 1. The number of nitrogens with zero attached hydrogens (tertiary/aromatic N) is 2. The van der Waals surface area contributed by atoms with E-state index in [0.717, 1.165) is 37.0 Å². The predicted molar refractivity (Wildman–Crippen MR) is 161 cm³/mol. The molecule has 1 aliphatic rings. The van der Waals surface area contributed by atoms with Gasteiger partial charge in [-0.2, -0.15) is 0 Å². The minimum absolute atomic E-state index is 0.0789. The number of carbonyl (C=O) groups is 3. The van der Waals surface area contributed by atoms with Crippen LogP contribution in [0.25, 0.3) is 5.76 Å². The highest BCUT2D eigenvalue weighted by Gasteiger charge is 2.48. The molecule has 1 aromatic heterocycles. The molecule has 0 saturated carbocycles. The van der Waals surface area contributed by atoms with E-state index in [1.807, 2.05) is 0 Å². The van der Waals surface area contributed by atoms with Crippen LogP contribution in [0.15, 0.2) is 54.1 Å².